The van der Waals surface area contributed by atoms with Crippen LogP contribution in [0.15, 0.2) is 54.6 Å². The number of ether oxygens (including phenoxy) is 2. The van der Waals surface area contributed by atoms with Crippen LogP contribution in [0.1, 0.15) is 18.4 Å². The average Bonchev–Trinajstić information content (AvgIpc) is 3.16. The molecule has 0 radical (unpaired) electrons. The van der Waals surface area contributed by atoms with Crippen LogP contribution in [0.5, 0.6) is 11.5 Å². The second-order valence-electron chi connectivity index (χ2n) is 7.31. The van der Waals surface area contributed by atoms with Gasteiger partial charge in [-0.2, -0.15) is 0 Å². The van der Waals surface area contributed by atoms with E-state index in [9.17, 15) is 4.79 Å². The highest BCUT2D eigenvalue weighted by Crippen LogP contribution is 2.31. The Bertz CT molecular complexity index is 758. The minimum Gasteiger partial charge on any atom is -0.494 e. The predicted molar refractivity (Wildman–Crippen MR) is 122 cm³/mol. The lowest BCUT2D eigenvalue weighted by Gasteiger charge is -2.16. The molecule has 6 nitrogen and oxygen atoms in total. The minimum absolute atomic E-state index is 0. The number of hydrogen-bond acceptors (Lipinski definition) is 5. The van der Waals surface area contributed by atoms with E-state index in [4.69, 9.17) is 15.2 Å². The molecule has 164 valence electrons. The number of halogens is 1. The van der Waals surface area contributed by atoms with Gasteiger partial charge >= 0.3 is 0 Å². The number of amides is 1. The molecule has 1 aliphatic rings. The van der Waals surface area contributed by atoms with Crippen LogP contribution in [-0.2, 0) is 4.79 Å². The van der Waals surface area contributed by atoms with Gasteiger partial charge in [0.25, 0.3) is 0 Å². The molecule has 1 fully saturated rings. The molecule has 7 heteroatoms. The Labute approximate surface area is 185 Å². The van der Waals surface area contributed by atoms with Crippen molar-refractivity contribution in [2.75, 3.05) is 45.9 Å². The molecule has 2 aromatic rings. The Morgan fingerprint density at radius 1 is 1.07 bits per heavy atom. The third-order valence-electron chi connectivity index (χ3n) is 5.24. The van der Waals surface area contributed by atoms with E-state index >= 15 is 0 Å². The van der Waals surface area contributed by atoms with Gasteiger partial charge in [-0.25, -0.2) is 0 Å². The van der Waals surface area contributed by atoms with Crippen LogP contribution in [0.25, 0.3) is 0 Å². The summed E-state index contributed by atoms with van der Waals surface area (Å²) in [5.41, 5.74) is 7.28. The molecule has 2 atom stereocenters. The first kappa shape index (κ1) is 24.0. The van der Waals surface area contributed by atoms with E-state index in [0.717, 1.165) is 24.6 Å². The maximum atomic E-state index is 12.3. The average molecular weight is 434 g/mol. The number of likely N-dealkylation sites (tertiary alicyclic amines) is 1. The molecule has 1 heterocycles. The van der Waals surface area contributed by atoms with Gasteiger partial charge in [-0.05, 0) is 49.2 Å². The molecule has 0 unspecified atom stereocenters. The zero-order valence-corrected chi connectivity index (χ0v) is 18.3. The molecule has 0 saturated carbocycles. The molecule has 0 spiro atoms. The van der Waals surface area contributed by atoms with Crippen LogP contribution in [0, 0.1) is 5.92 Å². The van der Waals surface area contributed by atoms with Crippen molar-refractivity contribution in [3.05, 3.63) is 60.2 Å². The van der Waals surface area contributed by atoms with Gasteiger partial charge in [-0.1, -0.05) is 30.3 Å². The highest BCUT2D eigenvalue weighted by Gasteiger charge is 2.33. The van der Waals surface area contributed by atoms with E-state index in [1.165, 1.54) is 5.56 Å². The monoisotopic (exact) mass is 433 g/mol. The first-order chi connectivity index (χ1) is 14.2. The largest absolute Gasteiger partial charge is 0.494 e. The third-order valence-corrected chi connectivity index (χ3v) is 5.24. The topological polar surface area (TPSA) is 76.8 Å². The number of hydrogen-bond donors (Lipinski definition) is 2. The molecule has 0 aromatic heterocycles. The van der Waals surface area contributed by atoms with Gasteiger partial charge in [0, 0.05) is 19.0 Å². The second-order valence-corrected chi connectivity index (χ2v) is 7.31. The molecule has 3 N–H and O–H groups in total. The van der Waals surface area contributed by atoms with Gasteiger partial charge in [0.15, 0.2) is 0 Å². The van der Waals surface area contributed by atoms with Crippen molar-refractivity contribution in [2.24, 2.45) is 11.7 Å². The summed E-state index contributed by atoms with van der Waals surface area (Å²) in [5, 5.41) is 2.94. The summed E-state index contributed by atoms with van der Waals surface area (Å²) in [5.74, 6) is 2.37. The molecule has 0 bridgehead atoms. The van der Waals surface area contributed by atoms with E-state index in [1.807, 2.05) is 37.3 Å². The molecular formula is C23H32ClN3O3. The van der Waals surface area contributed by atoms with Crippen LogP contribution < -0.4 is 20.5 Å². The quantitative estimate of drug-likeness (QED) is 0.563. The third kappa shape index (κ3) is 6.90. The normalized spacial score (nSPS) is 18.5. The molecule has 1 aliphatic heterocycles. The van der Waals surface area contributed by atoms with E-state index in [1.54, 1.807) is 0 Å². The number of nitrogens with one attached hydrogen (secondary N) is 1. The molecule has 1 saturated heterocycles. The minimum atomic E-state index is 0. The Kier molecular flexibility index (Phi) is 9.94. The molecule has 1 amide bonds. The molecular weight excluding hydrogens is 402 g/mol. The maximum absolute atomic E-state index is 12.3. The summed E-state index contributed by atoms with van der Waals surface area (Å²) in [6.07, 6.45) is 0. The fraction of sp³-hybridized carbons (Fsp3) is 0.435. The van der Waals surface area contributed by atoms with Crippen molar-refractivity contribution >= 4 is 18.3 Å². The van der Waals surface area contributed by atoms with Gasteiger partial charge in [0.1, 0.15) is 18.1 Å². The van der Waals surface area contributed by atoms with E-state index < -0.39 is 0 Å². The maximum Gasteiger partial charge on any atom is 0.234 e. The van der Waals surface area contributed by atoms with Crippen LogP contribution in [0.2, 0.25) is 0 Å². The van der Waals surface area contributed by atoms with Crippen molar-refractivity contribution in [1.82, 2.24) is 10.2 Å². The molecule has 3 rings (SSSR count). The van der Waals surface area contributed by atoms with E-state index in [0.29, 0.717) is 44.7 Å². The summed E-state index contributed by atoms with van der Waals surface area (Å²) < 4.78 is 11.1. The number of nitrogens with zero attached hydrogens (tertiary/aromatic N) is 1. The van der Waals surface area contributed by atoms with Crippen molar-refractivity contribution in [1.29, 1.82) is 0 Å². The van der Waals surface area contributed by atoms with Crippen LogP contribution >= 0.6 is 12.4 Å². The number of benzene rings is 2. The summed E-state index contributed by atoms with van der Waals surface area (Å²) in [6.45, 7) is 6.24. The Morgan fingerprint density at radius 2 is 1.73 bits per heavy atom. The zero-order valence-electron chi connectivity index (χ0n) is 17.5. The summed E-state index contributed by atoms with van der Waals surface area (Å²) in [7, 11) is 0. The van der Waals surface area contributed by atoms with E-state index in [-0.39, 0.29) is 18.3 Å². The van der Waals surface area contributed by atoms with E-state index in [2.05, 4.69) is 34.5 Å². The first-order valence-corrected chi connectivity index (χ1v) is 10.3. The van der Waals surface area contributed by atoms with Gasteiger partial charge in [0.2, 0.25) is 5.91 Å². The second kappa shape index (κ2) is 12.4. The van der Waals surface area contributed by atoms with Crippen molar-refractivity contribution in [2.45, 2.75) is 12.8 Å². The van der Waals surface area contributed by atoms with Crippen LogP contribution in [-0.4, -0.2) is 56.7 Å². The number of nitrogens with two attached hydrogens (primary N) is 1. The predicted octanol–water partition coefficient (Wildman–Crippen LogP) is 2.68. The summed E-state index contributed by atoms with van der Waals surface area (Å²) in [4.78, 5) is 14.5. The first-order valence-electron chi connectivity index (χ1n) is 10.3. The van der Waals surface area contributed by atoms with Crippen LogP contribution in [0.4, 0.5) is 0 Å². The standard InChI is InChI=1S/C23H31N3O3.ClH/c1-2-28-20-8-10-21(11-9-20)29-13-12-25-23(27)17-26-15-19(14-24)22(16-26)18-6-4-3-5-7-18;/h3-11,19,22H,2,12-17,24H2,1H3,(H,25,27);1H/t19-,22+;/m1./s1. The molecule has 30 heavy (non-hydrogen) atoms. The Morgan fingerprint density at radius 3 is 2.37 bits per heavy atom. The van der Waals surface area contributed by atoms with Crippen molar-refractivity contribution in [3.8, 4) is 11.5 Å². The lowest BCUT2D eigenvalue weighted by Crippen LogP contribution is -2.38. The lowest BCUT2D eigenvalue weighted by molar-refractivity contribution is -0.122. The van der Waals surface area contributed by atoms with Gasteiger partial charge in [0.05, 0.1) is 19.7 Å². The number of carbonyl (C=O) groups excluding carboxylic acids is 1. The highest BCUT2D eigenvalue weighted by atomic mass is 35.5. The molecule has 0 aliphatic carbocycles. The number of rotatable bonds is 10. The van der Waals surface area contributed by atoms with Gasteiger partial charge in [-0.15, -0.1) is 12.4 Å². The summed E-state index contributed by atoms with van der Waals surface area (Å²) in [6, 6.07) is 17.9. The fourth-order valence-electron chi connectivity index (χ4n) is 3.82. The van der Waals surface area contributed by atoms with Gasteiger partial charge in [-0.3, -0.25) is 9.69 Å². The SMILES string of the molecule is CCOc1ccc(OCCNC(=O)CN2C[C@@H](CN)[C@H](c3ccccc3)C2)cc1.Cl. The Hall–Kier alpha value is -2.28. The van der Waals surface area contributed by atoms with Gasteiger partial charge < -0.3 is 20.5 Å². The lowest BCUT2D eigenvalue weighted by atomic mass is 9.89. The van der Waals surface area contributed by atoms with Crippen molar-refractivity contribution in [3.63, 3.8) is 0 Å². The summed E-state index contributed by atoms with van der Waals surface area (Å²) >= 11 is 0. The zero-order chi connectivity index (χ0) is 20.5. The Balaban J connectivity index is 0.00000320. The highest BCUT2D eigenvalue weighted by molar-refractivity contribution is 5.85. The molecule has 2 aromatic carbocycles. The number of carbonyl (C=O) groups is 1. The fourth-order valence-corrected chi connectivity index (χ4v) is 3.82. The van der Waals surface area contributed by atoms with Crippen LogP contribution in [0.3, 0.4) is 0 Å². The smallest absolute Gasteiger partial charge is 0.234 e. The van der Waals surface area contributed by atoms with Crippen molar-refractivity contribution < 1.29 is 14.3 Å².